The molecule has 2 aliphatic heterocycles. The van der Waals surface area contributed by atoms with Gasteiger partial charge in [-0.15, -0.1) is 12.4 Å². The molecule has 3 heterocycles. The van der Waals surface area contributed by atoms with Crippen LogP contribution in [0.4, 0.5) is 0 Å². The number of nitrogens with one attached hydrogen (secondary N) is 1. The van der Waals surface area contributed by atoms with Gasteiger partial charge in [-0.2, -0.15) is 5.10 Å². The smallest absolute Gasteiger partial charge is 0.0843 e. The van der Waals surface area contributed by atoms with Gasteiger partial charge in [-0.3, -0.25) is 14.5 Å². The van der Waals surface area contributed by atoms with Gasteiger partial charge in [-0.25, -0.2) is 0 Å². The van der Waals surface area contributed by atoms with Crippen LogP contribution in [-0.4, -0.2) is 64.9 Å². The number of hydrogen-bond acceptors (Lipinski definition) is 4. The van der Waals surface area contributed by atoms with E-state index in [2.05, 4.69) is 51.0 Å². The fourth-order valence-electron chi connectivity index (χ4n) is 4.07. The summed E-state index contributed by atoms with van der Waals surface area (Å²) in [6.45, 7) is 11.1. The average molecular weight is 350 g/mol. The second-order valence-corrected chi connectivity index (χ2v) is 6.74. The summed E-state index contributed by atoms with van der Waals surface area (Å²) < 4.78 is 2.13. The molecule has 0 spiro atoms. The first-order valence-electron chi connectivity index (χ1n) is 8.96. The number of hydrogen-bond donors (Lipinski definition) is 1. The van der Waals surface area contributed by atoms with Crippen LogP contribution < -0.4 is 5.32 Å². The Morgan fingerprint density at radius 3 is 2.75 bits per heavy atom. The number of aryl methyl sites for hydroxylation is 1. The lowest BCUT2D eigenvalue weighted by molar-refractivity contribution is 0.170. The highest BCUT2D eigenvalue weighted by Gasteiger charge is 2.29. The van der Waals surface area contributed by atoms with Crippen LogP contribution in [0.1, 0.15) is 19.0 Å². The molecule has 1 aromatic carbocycles. The number of piperazine rings is 1. The zero-order valence-electron chi connectivity index (χ0n) is 14.4. The lowest BCUT2D eigenvalue weighted by Gasteiger charge is -2.32. The Hall–Kier alpha value is -1.14. The van der Waals surface area contributed by atoms with Crippen molar-refractivity contribution in [2.45, 2.75) is 32.5 Å². The van der Waals surface area contributed by atoms with Crippen molar-refractivity contribution in [2.24, 2.45) is 0 Å². The average Bonchev–Trinajstić information content (AvgIpc) is 3.21. The van der Waals surface area contributed by atoms with Gasteiger partial charge in [0, 0.05) is 63.8 Å². The van der Waals surface area contributed by atoms with E-state index < -0.39 is 0 Å². The molecule has 1 unspecified atom stereocenters. The van der Waals surface area contributed by atoms with Gasteiger partial charge in [-0.1, -0.05) is 18.2 Å². The van der Waals surface area contributed by atoms with E-state index >= 15 is 0 Å². The first-order chi connectivity index (χ1) is 11.3. The maximum absolute atomic E-state index is 4.86. The first-order valence-corrected chi connectivity index (χ1v) is 8.96. The largest absolute Gasteiger partial charge is 0.314 e. The number of rotatable bonds is 4. The molecular weight excluding hydrogens is 322 g/mol. The van der Waals surface area contributed by atoms with Crippen LogP contribution in [0.2, 0.25) is 0 Å². The summed E-state index contributed by atoms with van der Waals surface area (Å²) in [4.78, 5) is 5.25. The number of para-hydroxylation sites is 1. The Morgan fingerprint density at radius 1 is 1.17 bits per heavy atom. The highest BCUT2D eigenvalue weighted by molar-refractivity contribution is 5.85. The Morgan fingerprint density at radius 2 is 1.96 bits per heavy atom. The Labute approximate surface area is 150 Å². The SMILES string of the molecule is CCn1nc(CN2CCC(N3CCNCC3)C2)c2ccccc21.Cl. The Kier molecular flexibility index (Phi) is 5.76. The van der Waals surface area contributed by atoms with Crippen molar-refractivity contribution in [3.8, 4) is 0 Å². The molecule has 1 N–H and O–H groups in total. The van der Waals surface area contributed by atoms with Crippen molar-refractivity contribution < 1.29 is 0 Å². The van der Waals surface area contributed by atoms with E-state index in [1.165, 1.54) is 49.2 Å². The second-order valence-electron chi connectivity index (χ2n) is 6.74. The molecule has 1 atom stereocenters. The van der Waals surface area contributed by atoms with E-state index in [1.54, 1.807) is 0 Å². The monoisotopic (exact) mass is 349 g/mol. The molecule has 5 nitrogen and oxygen atoms in total. The Balaban J connectivity index is 0.00000169. The fourth-order valence-corrected chi connectivity index (χ4v) is 4.07. The number of nitrogens with zero attached hydrogens (tertiary/aromatic N) is 4. The Bertz CT molecular complexity index is 664. The van der Waals surface area contributed by atoms with Crippen molar-refractivity contribution >= 4 is 23.3 Å². The molecule has 1 aromatic heterocycles. The van der Waals surface area contributed by atoms with Crippen molar-refractivity contribution in [3.63, 3.8) is 0 Å². The minimum absolute atomic E-state index is 0. The summed E-state index contributed by atoms with van der Waals surface area (Å²) >= 11 is 0. The van der Waals surface area contributed by atoms with Crippen LogP contribution in [0.15, 0.2) is 24.3 Å². The normalized spacial score (nSPS) is 22.8. The molecular formula is C18H28ClN5. The minimum atomic E-state index is 0. The summed E-state index contributed by atoms with van der Waals surface area (Å²) in [5.74, 6) is 0. The van der Waals surface area contributed by atoms with Crippen LogP contribution in [0.3, 0.4) is 0 Å². The molecule has 2 fully saturated rings. The van der Waals surface area contributed by atoms with Crippen molar-refractivity contribution in [1.29, 1.82) is 0 Å². The first kappa shape index (κ1) is 17.7. The van der Waals surface area contributed by atoms with Crippen LogP contribution in [0.25, 0.3) is 10.9 Å². The van der Waals surface area contributed by atoms with Gasteiger partial charge >= 0.3 is 0 Å². The number of fused-ring (bicyclic) bond motifs is 1. The summed E-state index contributed by atoms with van der Waals surface area (Å²) in [6, 6.07) is 9.37. The fraction of sp³-hybridized carbons (Fsp3) is 0.611. The molecule has 0 aliphatic carbocycles. The predicted octanol–water partition coefficient (Wildman–Crippen LogP) is 1.96. The third-order valence-corrected chi connectivity index (χ3v) is 5.32. The lowest BCUT2D eigenvalue weighted by atomic mass is 10.2. The predicted molar refractivity (Wildman–Crippen MR) is 101 cm³/mol. The van der Waals surface area contributed by atoms with Crippen molar-refractivity contribution in [2.75, 3.05) is 39.3 Å². The third-order valence-electron chi connectivity index (χ3n) is 5.32. The number of likely N-dealkylation sites (tertiary alicyclic amines) is 1. The molecule has 24 heavy (non-hydrogen) atoms. The molecule has 2 aliphatic rings. The second kappa shape index (κ2) is 7.83. The third kappa shape index (κ3) is 3.45. The van der Waals surface area contributed by atoms with E-state index in [0.29, 0.717) is 0 Å². The maximum atomic E-state index is 4.86. The highest BCUT2D eigenvalue weighted by atomic mass is 35.5. The standard InChI is InChI=1S/C18H27N5.ClH/c1-2-23-18-6-4-3-5-16(18)17(20-23)14-21-10-7-15(13-21)22-11-8-19-9-12-22;/h3-6,15,19H,2,7-14H2,1H3;1H. The van der Waals surface area contributed by atoms with E-state index in [1.807, 2.05) is 0 Å². The lowest BCUT2D eigenvalue weighted by Crippen LogP contribution is -2.49. The number of aromatic nitrogens is 2. The molecule has 0 saturated carbocycles. The van der Waals surface area contributed by atoms with E-state index in [-0.39, 0.29) is 12.4 Å². The maximum Gasteiger partial charge on any atom is 0.0843 e. The van der Waals surface area contributed by atoms with Crippen LogP contribution in [0.5, 0.6) is 0 Å². The number of benzene rings is 1. The molecule has 2 aromatic rings. The zero-order chi connectivity index (χ0) is 15.6. The summed E-state index contributed by atoms with van der Waals surface area (Å²) in [7, 11) is 0. The van der Waals surface area contributed by atoms with Gasteiger partial charge in [0.15, 0.2) is 0 Å². The van der Waals surface area contributed by atoms with Gasteiger partial charge in [0.05, 0.1) is 11.2 Å². The topological polar surface area (TPSA) is 36.3 Å². The minimum Gasteiger partial charge on any atom is -0.314 e. The summed E-state index contributed by atoms with van der Waals surface area (Å²) in [6.07, 6.45) is 1.30. The molecule has 2 saturated heterocycles. The quantitative estimate of drug-likeness (QED) is 0.915. The van der Waals surface area contributed by atoms with E-state index in [9.17, 15) is 0 Å². The van der Waals surface area contributed by atoms with Crippen LogP contribution in [0, 0.1) is 0 Å². The molecule has 0 bridgehead atoms. The van der Waals surface area contributed by atoms with Gasteiger partial charge in [0.2, 0.25) is 0 Å². The zero-order valence-corrected chi connectivity index (χ0v) is 15.3. The van der Waals surface area contributed by atoms with Gasteiger partial charge in [0.25, 0.3) is 0 Å². The van der Waals surface area contributed by atoms with Crippen LogP contribution in [-0.2, 0) is 13.1 Å². The van der Waals surface area contributed by atoms with Crippen molar-refractivity contribution in [1.82, 2.24) is 24.9 Å². The van der Waals surface area contributed by atoms with Gasteiger partial charge in [0.1, 0.15) is 0 Å². The molecule has 6 heteroatoms. The van der Waals surface area contributed by atoms with Crippen molar-refractivity contribution in [3.05, 3.63) is 30.0 Å². The molecule has 0 radical (unpaired) electrons. The van der Waals surface area contributed by atoms with Gasteiger partial charge < -0.3 is 5.32 Å². The van der Waals surface area contributed by atoms with Crippen LogP contribution >= 0.6 is 12.4 Å². The molecule has 4 rings (SSSR count). The highest BCUT2D eigenvalue weighted by Crippen LogP contribution is 2.23. The number of halogens is 1. The summed E-state index contributed by atoms with van der Waals surface area (Å²) in [5, 5.41) is 9.63. The summed E-state index contributed by atoms with van der Waals surface area (Å²) in [5.41, 5.74) is 2.51. The molecule has 132 valence electrons. The van der Waals surface area contributed by atoms with E-state index in [0.717, 1.165) is 32.2 Å². The van der Waals surface area contributed by atoms with E-state index in [4.69, 9.17) is 5.10 Å². The van der Waals surface area contributed by atoms with Gasteiger partial charge in [-0.05, 0) is 19.4 Å². The molecule has 0 amide bonds.